The lowest BCUT2D eigenvalue weighted by Gasteiger charge is -2.13. The largest absolute Gasteiger partial charge is 0.407 e. The van der Waals surface area contributed by atoms with E-state index in [0.717, 1.165) is 57.6 Å². The number of nitrogens with one attached hydrogen (secondary N) is 1. The molecule has 1 amide bonds. The molecule has 36 heavy (non-hydrogen) atoms. The van der Waals surface area contributed by atoms with Gasteiger partial charge in [0.15, 0.2) is 0 Å². The number of nitrogens with zero attached hydrogens (tertiary/aromatic N) is 2. The van der Waals surface area contributed by atoms with Gasteiger partial charge in [-0.3, -0.25) is 9.59 Å². The Bertz CT molecular complexity index is 1460. The van der Waals surface area contributed by atoms with Crippen LogP contribution >= 0.6 is 0 Å². The van der Waals surface area contributed by atoms with E-state index in [9.17, 15) is 9.59 Å². The quantitative estimate of drug-likeness (QED) is 0.325. The maximum Gasteiger partial charge on any atom is 0.309 e. The van der Waals surface area contributed by atoms with Crippen LogP contribution in [-0.2, 0) is 9.59 Å². The molecule has 1 N–H and O–H groups in total. The number of rotatable bonds is 6. The van der Waals surface area contributed by atoms with Crippen molar-refractivity contribution < 1.29 is 14.3 Å². The number of hydrogen-bond acceptors (Lipinski definition) is 4. The molecule has 1 fully saturated rings. The summed E-state index contributed by atoms with van der Waals surface area (Å²) in [6, 6.07) is 21.7. The Morgan fingerprint density at radius 3 is 2.33 bits per heavy atom. The molecule has 0 unspecified atom stereocenters. The number of amides is 1. The van der Waals surface area contributed by atoms with Gasteiger partial charge in [0.25, 0.3) is 0 Å². The van der Waals surface area contributed by atoms with Gasteiger partial charge in [-0.05, 0) is 74.6 Å². The maximum absolute atomic E-state index is 12.3. The number of hydrogen-bond donors (Lipinski definition) is 1. The predicted octanol–water partition coefficient (Wildman–Crippen LogP) is 6.41. The van der Waals surface area contributed by atoms with Gasteiger partial charge < -0.3 is 10.1 Å². The Balaban J connectivity index is 1.70. The Morgan fingerprint density at radius 1 is 0.944 bits per heavy atom. The van der Waals surface area contributed by atoms with Crippen molar-refractivity contribution in [1.82, 2.24) is 9.78 Å². The summed E-state index contributed by atoms with van der Waals surface area (Å²) in [5, 5.41) is 7.98. The highest BCUT2D eigenvalue weighted by Crippen LogP contribution is 2.42. The molecule has 1 aliphatic carbocycles. The third kappa shape index (κ3) is 4.67. The normalized spacial score (nSPS) is 12.9. The van der Waals surface area contributed by atoms with Crippen molar-refractivity contribution in [3.63, 3.8) is 0 Å². The van der Waals surface area contributed by atoms with Crippen LogP contribution in [0.1, 0.15) is 36.5 Å². The number of anilines is 1. The Labute approximate surface area is 210 Å². The summed E-state index contributed by atoms with van der Waals surface area (Å²) < 4.78 is 7.56. The molecule has 0 atom stereocenters. The number of benzene rings is 3. The van der Waals surface area contributed by atoms with E-state index >= 15 is 0 Å². The van der Waals surface area contributed by atoms with Crippen LogP contribution in [0.3, 0.4) is 0 Å². The minimum atomic E-state index is -0.424. The van der Waals surface area contributed by atoms with E-state index in [0.29, 0.717) is 11.6 Å². The summed E-state index contributed by atoms with van der Waals surface area (Å²) in [4.78, 5) is 24.5. The molecule has 4 aromatic rings. The molecule has 1 heterocycles. The van der Waals surface area contributed by atoms with Crippen LogP contribution in [-0.4, -0.2) is 21.7 Å². The number of aromatic nitrogens is 2. The first-order chi connectivity index (χ1) is 17.3. The summed E-state index contributed by atoms with van der Waals surface area (Å²) >= 11 is 0. The molecule has 1 aromatic heterocycles. The summed E-state index contributed by atoms with van der Waals surface area (Å²) in [6.45, 7) is 7.51. The van der Waals surface area contributed by atoms with Gasteiger partial charge in [-0.2, -0.15) is 9.78 Å². The minimum Gasteiger partial charge on any atom is -0.407 e. The van der Waals surface area contributed by atoms with Crippen molar-refractivity contribution in [2.45, 2.75) is 40.5 Å². The lowest BCUT2D eigenvalue weighted by atomic mass is 9.99. The van der Waals surface area contributed by atoms with Crippen molar-refractivity contribution in [2.75, 3.05) is 5.32 Å². The molecule has 0 saturated heterocycles. The molecule has 3 aromatic carbocycles. The molecule has 0 aliphatic heterocycles. The fraction of sp³-hybridized carbons (Fsp3) is 0.233. The van der Waals surface area contributed by atoms with E-state index in [4.69, 9.17) is 9.84 Å². The maximum atomic E-state index is 12.3. The molecule has 1 saturated carbocycles. The molecule has 0 bridgehead atoms. The van der Waals surface area contributed by atoms with Gasteiger partial charge in [-0.15, -0.1) is 0 Å². The van der Waals surface area contributed by atoms with Crippen LogP contribution in [0.25, 0.3) is 28.1 Å². The van der Waals surface area contributed by atoms with Crippen LogP contribution in [0.2, 0.25) is 0 Å². The fourth-order valence-electron chi connectivity index (χ4n) is 4.33. The number of carbonyl (C=O) groups is 2. The Morgan fingerprint density at radius 2 is 1.67 bits per heavy atom. The van der Waals surface area contributed by atoms with Gasteiger partial charge in [0.1, 0.15) is 5.69 Å². The molecule has 6 heteroatoms. The van der Waals surface area contributed by atoms with Crippen molar-refractivity contribution in [3.05, 3.63) is 83.4 Å². The molecule has 0 spiro atoms. The highest BCUT2D eigenvalue weighted by Gasteiger charge is 2.30. The zero-order valence-electron chi connectivity index (χ0n) is 21.0. The SMILES string of the molecule is CC(=O)Oc1c(-c2ccc(NC(=O)C3CC3)cc2)c(-c2cccc(C)c2)nn1-c1cccc(C)c1C. The van der Waals surface area contributed by atoms with Gasteiger partial charge in [-0.1, -0.05) is 48.0 Å². The highest BCUT2D eigenvalue weighted by atomic mass is 16.5. The lowest BCUT2D eigenvalue weighted by Crippen LogP contribution is -2.13. The van der Waals surface area contributed by atoms with E-state index in [2.05, 4.69) is 11.4 Å². The third-order valence-electron chi connectivity index (χ3n) is 6.57. The van der Waals surface area contributed by atoms with E-state index in [1.54, 1.807) is 4.68 Å². The fourth-order valence-corrected chi connectivity index (χ4v) is 4.33. The number of carbonyl (C=O) groups excluding carboxylic acids is 2. The van der Waals surface area contributed by atoms with Gasteiger partial charge in [0.2, 0.25) is 11.8 Å². The molecule has 6 nitrogen and oxygen atoms in total. The van der Waals surface area contributed by atoms with Gasteiger partial charge in [0.05, 0.1) is 11.3 Å². The van der Waals surface area contributed by atoms with Crippen LogP contribution in [0.15, 0.2) is 66.7 Å². The van der Waals surface area contributed by atoms with Gasteiger partial charge >= 0.3 is 5.97 Å². The summed E-state index contributed by atoms with van der Waals surface area (Å²) in [6.07, 6.45) is 1.90. The summed E-state index contributed by atoms with van der Waals surface area (Å²) in [5.41, 5.74) is 8.05. The van der Waals surface area contributed by atoms with E-state index in [-0.39, 0.29) is 11.8 Å². The van der Waals surface area contributed by atoms with Crippen LogP contribution in [0.4, 0.5) is 5.69 Å². The molecule has 0 radical (unpaired) electrons. The Hall–Kier alpha value is -4.19. The average molecular weight is 480 g/mol. The molecule has 1 aliphatic rings. The topological polar surface area (TPSA) is 73.2 Å². The zero-order valence-corrected chi connectivity index (χ0v) is 21.0. The van der Waals surface area contributed by atoms with Gasteiger partial charge in [-0.25, -0.2) is 0 Å². The van der Waals surface area contributed by atoms with Gasteiger partial charge in [0, 0.05) is 24.1 Å². The van der Waals surface area contributed by atoms with E-state index in [1.165, 1.54) is 6.92 Å². The average Bonchev–Trinajstić information content (AvgIpc) is 3.64. The molecular formula is C30H29N3O3. The predicted molar refractivity (Wildman–Crippen MR) is 141 cm³/mol. The monoisotopic (exact) mass is 479 g/mol. The number of ether oxygens (including phenoxy) is 1. The molecule has 5 rings (SSSR count). The zero-order chi connectivity index (χ0) is 25.4. The van der Waals surface area contributed by atoms with Crippen molar-refractivity contribution in [1.29, 1.82) is 0 Å². The number of esters is 1. The lowest BCUT2D eigenvalue weighted by molar-refractivity contribution is -0.132. The summed E-state index contributed by atoms with van der Waals surface area (Å²) in [5.74, 6) is 0.129. The Kier molecular flexibility index (Phi) is 6.18. The van der Waals surface area contributed by atoms with Crippen molar-refractivity contribution in [3.8, 4) is 34.0 Å². The minimum absolute atomic E-state index is 0.0616. The summed E-state index contributed by atoms with van der Waals surface area (Å²) in [7, 11) is 0. The molecular weight excluding hydrogens is 450 g/mol. The standard InChI is InChI=1S/C30H29N3O3/c1-18-7-5-9-24(17-18)28-27(22-13-15-25(16-14-22)31-29(35)23-11-12-23)30(36-21(4)34)33(32-28)26-10-6-8-19(2)20(26)3/h5-10,13-17,23H,11-12H2,1-4H3,(H,31,35). The first-order valence-electron chi connectivity index (χ1n) is 12.2. The highest BCUT2D eigenvalue weighted by molar-refractivity contribution is 5.95. The van der Waals surface area contributed by atoms with Crippen LogP contribution < -0.4 is 10.1 Å². The first kappa shape index (κ1) is 23.5. The number of aryl methyl sites for hydroxylation is 2. The second-order valence-electron chi connectivity index (χ2n) is 9.46. The van der Waals surface area contributed by atoms with Crippen LogP contribution in [0.5, 0.6) is 5.88 Å². The van der Waals surface area contributed by atoms with Crippen LogP contribution in [0, 0.1) is 26.7 Å². The molecule has 182 valence electrons. The smallest absolute Gasteiger partial charge is 0.309 e. The third-order valence-corrected chi connectivity index (χ3v) is 6.57. The van der Waals surface area contributed by atoms with Crippen molar-refractivity contribution in [2.24, 2.45) is 5.92 Å². The second kappa shape index (κ2) is 9.46. The second-order valence-corrected chi connectivity index (χ2v) is 9.46. The van der Waals surface area contributed by atoms with E-state index in [1.807, 2.05) is 81.4 Å². The van der Waals surface area contributed by atoms with Crippen molar-refractivity contribution >= 4 is 17.6 Å². The first-order valence-corrected chi connectivity index (χ1v) is 12.2. The van der Waals surface area contributed by atoms with E-state index < -0.39 is 5.97 Å².